The van der Waals surface area contributed by atoms with Crippen LogP contribution in [0, 0.1) is 6.92 Å². The SMILES string of the molecule is CCC(Oc1ccc(-c2cccc(S(=O)(=O)C3CC3)c2)c2c1[nH]c1ncc(C)cc12)N(C)C. The van der Waals surface area contributed by atoms with Gasteiger partial charge in [0, 0.05) is 17.0 Å². The van der Waals surface area contributed by atoms with E-state index in [2.05, 4.69) is 27.9 Å². The van der Waals surface area contributed by atoms with Crippen molar-refractivity contribution in [2.45, 2.75) is 49.5 Å². The molecule has 0 aliphatic heterocycles. The number of ether oxygens (including phenoxy) is 1. The molecule has 172 valence electrons. The molecule has 1 fully saturated rings. The summed E-state index contributed by atoms with van der Waals surface area (Å²) in [5.74, 6) is 0.756. The van der Waals surface area contributed by atoms with Gasteiger partial charge < -0.3 is 9.72 Å². The Hall–Kier alpha value is -2.90. The predicted octanol–water partition coefficient (Wildman–Crippen LogP) is 5.30. The largest absolute Gasteiger partial charge is 0.473 e. The van der Waals surface area contributed by atoms with Crippen molar-refractivity contribution in [1.82, 2.24) is 14.9 Å². The van der Waals surface area contributed by atoms with Crippen molar-refractivity contribution in [3.05, 3.63) is 54.2 Å². The van der Waals surface area contributed by atoms with Crippen molar-refractivity contribution in [1.29, 1.82) is 0 Å². The lowest BCUT2D eigenvalue weighted by Crippen LogP contribution is -2.32. The average Bonchev–Trinajstić information content (AvgIpc) is 3.59. The molecular formula is C26H29N3O3S. The molecule has 0 bridgehead atoms. The molecule has 2 aromatic carbocycles. The fourth-order valence-corrected chi connectivity index (χ4v) is 6.12. The fraction of sp³-hybridized carbons (Fsp3) is 0.346. The molecule has 7 heteroatoms. The van der Waals surface area contributed by atoms with Gasteiger partial charge in [0.2, 0.25) is 0 Å². The van der Waals surface area contributed by atoms with Crippen LogP contribution in [-0.2, 0) is 9.84 Å². The van der Waals surface area contributed by atoms with E-state index < -0.39 is 9.84 Å². The molecule has 2 aromatic heterocycles. The van der Waals surface area contributed by atoms with Gasteiger partial charge in [0.25, 0.3) is 0 Å². The summed E-state index contributed by atoms with van der Waals surface area (Å²) in [6, 6.07) is 13.4. The molecular weight excluding hydrogens is 434 g/mol. The van der Waals surface area contributed by atoms with Crippen LogP contribution in [0.3, 0.4) is 0 Å². The molecule has 0 spiro atoms. The van der Waals surface area contributed by atoms with E-state index in [9.17, 15) is 8.42 Å². The highest BCUT2D eigenvalue weighted by molar-refractivity contribution is 7.92. The van der Waals surface area contributed by atoms with Gasteiger partial charge in [-0.05, 0) is 87.3 Å². The second-order valence-electron chi connectivity index (χ2n) is 9.11. The van der Waals surface area contributed by atoms with Crippen LogP contribution >= 0.6 is 0 Å². The summed E-state index contributed by atoms with van der Waals surface area (Å²) >= 11 is 0. The van der Waals surface area contributed by atoms with Gasteiger partial charge in [-0.2, -0.15) is 0 Å². The third kappa shape index (κ3) is 3.89. The lowest BCUT2D eigenvalue weighted by atomic mass is 9.99. The lowest BCUT2D eigenvalue weighted by molar-refractivity contribution is 0.0625. The number of aromatic nitrogens is 2. The Morgan fingerprint density at radius 2 is 1.97 bits per heavy atom. The number of nitrogens with zero attached hydrogens (tertiary/aromatic N) is 2. The second-order valence-corrected chi connectivity index (χ2v) is 11.3. The Morgan fingerprint density at radius 1 is 1.18 bits per heavy atom. The molecule has 0 amide bonds. The number of benzene rings is 2. The average molecular weight is 464 g/mol. The number of nitrogens with one attached hydrogen (secondary N) is 1. The fourth-order valence-electron chi connectivity index (χ4n) is 4.42. The molecule has 1 atom stereocenters. The van der Waals surface area contributed by atoms with Crippen LogP contribution in [-0.4, -0.2) is 48.9 Å². The second kappa shape index (κ2) is 8.15. The minimum atomic E-state index is -3.27. The first-order valence-corrected chi connectivity index (χ1v) is 12.9. The molecule has 1 saturated carbocycles. The van der Waals surface area contributed by atoms with Crippen molar-refractivity contribution in [3.63, 3.8) is 0 Å². The first kappa shape index (κ1) is 21.9. The van der Waals surface area contributed by atoms with Crippen LogP contribution in [0.5, 0.6) is 5.75 Å². The number of aryl methyl sites for hydroxylation is 1. The topological polar surface area (TPSA) is 75.3 Å². The van der Waals surface area contributed by atoms with Gasteiger partial charge in [-0.1, -0.05) is 19.1 Å². The smallest absolute Gasteiger partial charge is 0.181 e. The number of hydrogen-bond donors (Lipinski definition) is 1. The van der Waals surface area contributed by atoms with Crippen LogP contribution in [0.15, 0.2) is 53.6 Å². The van der Waals surface area contributed by atoms with Gasteiger partial charge in [0.1, 0.15) is 11.4 Å². The normalized spacial score (nSPS) is 15.4. The zero-order valence-corrected chi connectivity index (χ0v) is 20.2. The van der Waals surface area contributed by atoms with Crippen molar-refractivity contribution in [2.75, 3.05) is 14.1 Å². The van der Waals surface area contributed by atoms with Crippen molar-refractivity contribution < 1.29 is 13.2 Å². The summed E-state index contributed by atoms with van der Waals surface area (Å²) < 4.78 is 32.1. The summed E-state index contributed by atoms with van der Waals surface area (Å²) in [7, 11) is 0.731. The van der Waals surface area contributed by atoms with Crippen molar-refractivity contribution in [3.8, 4) is 16.9 Å². The molecule has 33 heavy (non-hydrogen) atoms. The number of hydrogen-bond acceptors (Lipinski definition) is 5. The van der Waals surface area contributed by atoms with E-state index in [1.807, 2.05) is 51.5 Å². The first-order chi connectivity index (χ1) is 15.8. The van der Waals surface area contributed by atoms with Crippen LogP contribution in [0.2, 0.25) is 0 Å². The Bertz CT molecular complexity index is 1450. The highest BCUT2D eigenvalue weighted by Gasteiger charge is 2.37. The van der Waals surface area contributed by atoms with E-state index in [1.165, 1.54) is 0 Å². The maximum atomic E-state index is 12.9. The van der Waals surface area contributed by atoms with Gasteiger partial charge in [0.05, 0.1) is 15.7 Å². The number of fused-ring (bicyclic) bond motifs is 3. The van der Waals surface area contributed by atoms with Crippen LogP contribution < -0.4 is 4.74 Å². The first-order valence-electron chi connectivity index (χ1n) is 11.4. The summed E-state index contributed by atoms with van der Waals surface area (Å²) in [6.45, 7) is 4.12. The van der Waals surface area contributed by atoms with Crippen LogP contribution in [0.25, 0.3) is 33.1 Å². The number of rotatable bonds is 7. The van der Waals surface area contributed by atoms with E-state index in [1.54, 1.807) is 12.1 Å². The molecule has 1 N–H and O–H groups in total. The summed E-state index contributed by atoms with van der Waals surface area (Å²) in [5, 5.41) is 1.76. The third-order valence-electron chi connectivity index (χ3n) is 6.33. The maximum Gasteiger partial charge on any atom is 0.181 e. The number of H-pyrrole nitrogens is 1. The molecule has 1 aliphatic rings. The Labute approximate surface area is 194 Å². The molecule has 2 heterocycles. The number of sulfone groups is 1. The predicted molar refractivity (Wildman–Crippen MR) is 132 cm³/mol. The van der Waals surface area contributed by atoms with Gasteiger partial charge in [0.15, 0.2) is 16.1 Å². The summed E-state index contributed by atoms with van der Waals surface area (Å²) in [6.07, 6.45) is 4.12. The van der Waals surface area contributed by atoms with E-state index in [0.717, 1.165) is 63.6 Å². The molecule has 1 unspecified atom stereocenters. The van der Waals surface area contributed by atoms with Gasteiger partial charge in [-0.3, -0.25) is 4.90 Å². The Balaban J connectivity index is 1.73. The quantitative estimate of drug-likeness (QED) is 0.376. The summed E-state index contributed by atoms with van der Waals surface area (Å²) in [5.41, 5.74) is 4.55. The molecule has 6 nitrogen and oxygen atoms in total. The van der Waals surface area contributed by atoms with Gasteiger partial charge >= 0.3 is 0 Å². The number of aromatic amines is 1. The zero-order chi connectivity index (χ0) is 23.3. The standard InChI is InChI=1S/C26H29N3O3S/c1-5-23(29(3)4)32-22-12-11-20(24-21-13-16(2)15-27-26(21)28-25(22)24)17-7-6-8-19(14-17)33(30,31)18-9-10-18/h6-8,11-15,18,23H,5,9-10H2,1-4H3,(H,27,28). The lowest BCUT2D eigenvalue weighted by Gasteiger charge is -2.24. The van der Waals surface area contributed by atoms with Gasteiger partial charge in [-0.15, -0.1) is 0 Å². The third-order valence-corrected chi connectivity index (χ3v) is 8.59. The van der Waals surface area contributed by atoms with Crippen molar-refractivity contribution >= 4 is 31.8 Å². The van der Waals surface area contributed by atoms with Crippen molar-refractivity contribution in [2.24, 2.45) is 0 Å². The zero-order valence-electron chi connectivity index (χ0n) is 19.4. The minimum Gasteiger partial charge on any atom is -0.473 e. The highest BCUT2D eigenvalue weighted by atomic mass is 32.2. The van der Waals surface area contributed by atoms with E-state index in [4.69, 9.17) is 4.74 Å². The van der Waals surface area contributed by atoms with Crippen LogP contribution in [0.1, 0.15) is 31.7 Å². The molecule has 0 radical (unpaired) electrons. The minimum absolute atomic E-state index is 0.0628. The summed E-state index contributed by atoms with van der Waals surface area (Å²) in [4.78, 5) is 10.5. The monoisotopic (exact) mass is 463 g/mol. The van der Waals surface area contributed by atoms with Crippen LogP contribution in [0.4, 0.5) is 0 Å². The van der Waals surface area contributed by atoms with E-state index >= 15 is 0 Å². The Morgan fingerprint density at radius 3 is 2.67 bits per heavy atom. The van der Waals surface area contributed by atoms with Gasteiger partial charge in [-0.25, -0.2) is 13.4 Å². The van der Waals surface area contributed by atoms with E-state index in [-0.39, 0.29) is 11.5 Å². The molecule has 1 aliphatic carbocycles. The Kier molecular flexibility index (Phi) is 5.41. The number of pyridine rings is 1. The highest BCUT2D eigenvalue weighted by Crippen LogP contribution is 2.41. The molecule has 5 rings (SSSR count). The van der Waals surface area contributed by atoms with E-state index in [0.29, 0.717) is 4.90 Å². The molecule has 0 saturated heterocycles. The molecule has 4 aromatic rings. The maximum absolute atomic E-state index is 12.9.